The summed E-state index contributed by atoms with van der Waals surface area (Å²) >= 11 is 0. The SMILES string of the molecule is Cc1cnc(C(=O)NC2CNCCC2c2ccc(F)c(F)c2)cn1. The molecule has 1 amide bonds. The topological polar surface area (TPSA) is 66.9 Å². The Kier molecular flexibility index (Phi) is 4.80. The third-order valence-electron chi connectivity index (χ3n) is 4.18. The predicted molar refractivity (Wildman–Crippen MR) is 84.6 cm³/mol. The zero-order chi connectivity index (χ0) is 17.1. The fourth-order valence-corrected chi connectivity index (χ4v) is 2.90. The third kappa shape index (κ3) is 3.56. The fraction of sp³-hybridized carbons (Fsp3) is 0.353. The fourth-order valence-electron chi connectivity index (χ4n) is 2.90. The summed E-state index contributed by atoms with van der Waals surface area (Å²) in [6, 6.07) is 3.66. The van der Waals surface area contributed by atoms with Crippen LogP contribution in [0, 0.1) is 18.6 Å². The van der Waals surface area contributed by atoms with Gasteiger partial charge in [0, 0.05) is 24.7 Å². The van der Waals surface area contributed by atoms with Gasteiger partial charge in [-0.3, -0.25) is 9.78 Å². The first-order chi connectivity index (χ1) is 11.5. The van der Waals surface area contributed by atoms with Gasteiger partial charge < -0.3 is 10.6 Å². The van der Waals surface area contributed by atoms with Crippen molar-refractivity contribution < 1.29 is 13.6 Å². The molecule has 1 aliphatic rings. The van der Waals surface area contributed by atoms with Crippen LogP contribution in [-0.4, -0.2) is 35.0 Å². The molecular formula is C17H18F2N4O. The van der Waals surface area contributed by atoms with E-state index in [1.807, 2.05) is 0 Å². The van der Waals surface area contributed by atoms with Crippen molar-refractivity contribution in [3.8, 4) is 0 Å². The van der Waals surface area contributed by atoms with E-state index in [0.29, 0.717) is 12.1 Å². The van der Waals surface area contributed by atoms with Crippen molar-refractivity contribution in [2.24, 2.45) is 0 Å². The standard InChI is InChI=1S/C17H18F2N4O/c1-10-7-22-16(9-21-10)17(24)23-15-8-20-5-4-12(15)11-2-3-13(18)14(19)6-11/h2-3,6-7,9,12,15,20H,4-5,8H2,1H3,(H,23,24). The first-order valence-corrected chi connectivity index (χ1v) is 7.80. The molecule has 0 radical (unpaired) electrons. The van der Waals surface area contributed by atoms with E-state index in [4.69, 9.17) is 0 Å². The van der Waals surface area contributed by atoms with Crippen molar-refractivity contribution >= 4 is 5.91 Å². The molecule has 1 fully saturated rings. The van der Waals surface area contributed by atoms with Crippen molar-refractivity contribution in [1.82, 2.24) is 20.6 Å². The second-order valence-corrected chi connectivity index (χ2v) is 5.90. The Morgan fingerprint density at radius 2 is 2.08 bits per heavy atom. The predicted octanol–water partition coefficient (Wildman–Crippen LogP) is 1.94. The summed E-state index contributed by atoms with van der Waals surface area (Å²) in [5, 5.41) is 6.13. The highest BCUT2D eigenvalue weighted by molar-refractivity contribution is 5.92. The molecule has 3 rings (SSSR count). The molecule has 24 heavy (non-hydrogen) atoms. The zero-order valence-corrected chi connectivity index (χ0v) is 13.2. The number of aromatic nitrogens is 2. The molecule has 2 N–H and O–H groups in total. The van der Waals surface area contributed by atoms with E-state index in [1.165, 1.54) is 18.5 Å². The Morgan fingerprint density at radius 3 is 2.79 bits per heavy atom. The van der Waals surface area contributed by atoms with Gasteiger partial charge in [-0.2, -0.15) is 0 Å². The molecule has 0 spiro atoms. The molecule has 1 aliphatic heterocycles. The molecule has 2 heterocycles. The summed E-state index contributed by atoms with van der Waals surface area (Å²) in [6.45, 7) is 3.09. The smallest absolute Gasteiger partial charge is 0.271 e. The molecule has 5 nitrogen and oxygen atoms in total. The maximum Gasteiger partial charge on any atom is 0.271 e. The second-order valence-electron chi connectivity index (χ2n) is 5.90. The Morgan fingerprint density at radius 1 is 1.25 bits per heavy atom. The maximum absolute atomic E-state index is 13.5. The van der Waals surface area contributed by atoms with Crippen LogP contribution in [0.3, 0.4) is 0 Å². The number of hydrogen-bond acceptors (Lipinski definition) is 4. The van der Waals surface area contributed by atoms with Crippen LogP contribution in [0.1, 0.15) is 34.1 Å². The molecule has 2 atom stereocenters. The lowest BCUT2D eigenvalue weighted by Crippen LogP contribution is -2.50. The van der Waals surface area contributed by atoms with Crippen molar-refractivity contribution in [1.29, 1.82) is 0 Å². The molecule has 0 aliphatic carbocycles. The lowest BCUT2D eigenvalue weighted by molar-refractivity contribution is 0.0919. The monoisotopic (exact) mass is 332 g/mol. The summed E-state index contributed by atoms with van der Waals surface area (Å²) in [7, 11) is 0. The summed E-state index contributed by atoms with van der Waals surface area (Å²) in [4.78, 5) is 20.5. The molecule has 7 heteroatoms. The molecule has 1 aromatic heterocycles. The minimum absolute atomic E-state index is 0.0938. The third-order valence-corrected chi connectivity index (χ3v) is 4.18. The largest absolute Gasteiger partial charge is 0.346 e. The van der Waals surface area contributed by atoms with Gasteiger partial charge in [0.15, 0.2) is 11.6 Å². The van der Waals surface area contributed by atoms with Gasteiger partial charge in [0.05, 0.1) is 11.9 Å². The van der Waals surface area contributed by atoms with Crippen LogP contribution in [0.25, 0.3) is 0 Å². The Bertz CT molecular complexity index is 736. The first kappa shape index (κ1) is 16.4. The number of carbonyl (C=O) groups excluding carboxylic acids is 1. The van der Waals surface area contributed by atoms with Crippen LogP contribution in [0.2, 0.25) is 0 Å². The Hall–Kier alpha value is -2.41. The zero-order valence-electron chi connectivity index (χ0n) is 13.2. The summed E-state index contributed by atoms with van der Waals surface area (Å²) in [6.07, 6.45) is 3.67. The number of nitrogens with zero attached hydrogens (tertiary/aromatic N) is 2. The first-order valence-electron chi connectivity index (χ1n) is 7.80. The number of carbonyl (C=O) groups is 1. The normalized spacial score (nSPS) is 20.6. The number of hydrogen-bond donors (Lipinski definition) is 2. The van der Waals surface area contributed by atoms with Gasteiger partial charge in [-0.1, -0.05) is 6.07 Å². The molecule has 0 bridgehead atoms. The highest BCUT2D eigenvalue weighted by atomic mass is 19.2. The lowest BCUT2D eigenvalue weighted by atomic mass is 9.86. The van der Waals surface area contributed by atoms with E-state index in [1.54, 1.807) is 13.0 Å². The van der Waals surface area contributed by atoms with Crippen LogP contribution in [0.15, 0.2) is 30.6 Å². The average molecular weight is 332 g/mol. The highest BCUT2D eigenvalue weighted by Gasteiger charge is 2.29. The van der Waals surface area contributed by atoms with E-state index in [2.05, 4.69) is 20.6 Å². The number of rotatable bonds is 3. The minimum Gasteiger partial charge on any atom is -0.346 e. The molecule has 1 aromatic carbocycles. The van der Waals surface area contributed by atoms with E-state index in [-0.39, 0.29) is 23.6 Å². The van der Waals surface area contributed by atoms with E-state index >= 15 is 0 Å². The number of benzene rings is 1. The summed E-state index contributed by atoms with van der Waals surface area (Å²) in [5.74, 6) is -2.17. The molecule has 1 saturated heterocycles. The van der Waals surface area contributed by atoms with Crippen molar-refractivity contribution in [2.45, 2.75) is 25.3 Å². The van der Waals surface area contributed by atoms with Crippen LogP contribution in [-0.2, 0) is 0 Å². The van der Waals surface area contributed by atoms with Crippen LogP contribution < -0.4 is 10.6 Å². The molecule has 2 unspecified atom stereocenters. The van der Waals surface area contributed by atoms with Crippen molar-refractivity contribution in [2.75, 3.05) is 13.1 Å². The van der Waals surface area contributed by atoms with Gasteiger partial charge in [-0.05, 0) is 37.6 Å². The summed E-state index contributed by atoms with van der Waals surface area (Å²) in [5.41, 5.74) is 1.64. The Balaban J connectivity index is 1.78. The van der Waals surface area contributed by atoms with Gasteiger partial charge in [0.2, 0.25) is 0 Å². The van der Waals surface area contributed by atoms with Crippen LogP contribution in [0.4, 0.5) is 8.78 Å². The van der Waals surface area contributed by atoms with E-state index in [9.17, 15) is 13.6 Å². The number of halogens is 2. The number of nitrogens with one attached hydrogen (secondary N) is 2. The van der Waals surface area contributed by atoms with E-state index < -0.39 is 11.6 Å². The van der Waals surface area contributed by atoms with Crippen LogP contribution >= 0.6 is 0 Å². The van der Waals surface area contributed by atoms with Crippen molar-refractivity contribution in [3.63, 3.8) is 0 Å². The molecule has 126 valence electrons. The minimum atomic E-state index is -0.875. The van der Waals surface area contributed by atoms with Crippen molar-refractivity contribution in [3.05, 3.63) is 59.2 Å². The van der Waals surface area contributed by atoms with E-state index in [0.717, 1.165) is 24.7 Å². The number of aryl methyl sites for hydroxylation is 1. The van der Waals surface area contributed by atoms with Gasteiger partial charge in [-0.15, -0.1) is 0 Å². The maximum atomic E-state index is 13.5. The average Bonchev–Trinajstić information content (AvgIpc) is 2.58. The van der Waals surface area contributed by atoms with Crippen LogP contribution in [0.5, 0.6) is 0 Å². The second kappa shape index (κ2) is 7.00. The van der Waals surface area contributed by atoms with Gasteiger partial charge in [0.25, 0.3) is 5.91 Å². The molecular weight excluding hydrogens is 314 g/mol. The van der Waals surface area contributed by atoms with Gasteiger partial charge in [0.1, 0.15) is 5.69 Å². The van der Waals surface area contributed by atoms with Gasteiger partial charge in [-0.25, -0.2) is 13.8 Å². The highest BCUT2D eigenvalue weighted by Crippen LogP contribution is 2.27. The Labute approximate surface area is 138 Å². The number of amides is 1. The quantitative estimate of drug-likeness (QED) is 0.901. The summed E-state index contributed by atoms with van der Waals surface area (Å²) < 4.78 is 26.7. The number of piperidine rings is 1. The lowest BCUT2D eigenvalue weighted by Gasteiger charge is -2.33. The van der Waals surface area contributed by atoms with Gasteiger partial charge >= 0.3 is 0 Å². The molecule has 0 saturated carbocycles. The molecule has 2 aromatic rings.